The second kappa shape index (κ2) is 9.40. The van der Waals surface area contributed by atoms with Crippen molar-refractivity contribution in [1.82, 2.24) is 0 Å². The second-order valence-electron chi connectivity index (χ2n) is 8.52. The first-order valence-electron chi connectivity index (χ1n) is 11.4. The van der Waals surface area contributed by atoms with E-state index in [2.05, 4.69) is 12.1 Å². The molecule has 5 rings (SSSR count). The maximum Gasteiger partial charge on any atom is 0.303 e. The van der Waals surface area contributed by atoms with Gasteiger partial charge in [0.15, 0.2) is 0 Å². The van der Waals surface area contributed by atoms with E-state index in [0.717, 1.165) is 45.3 Å². The maximum atomic E-state index is 13.6. The number of anilines is 1. The molecule has 1 aliphatic rings. The molecule has 170 valence electrons. The van der Waals surface area contributed by atoms with Gasteiger partial charge in [0.1, 0.15) is 12.4 Å². The number of rotatable bonds is 7. The lowest BCUT2D eigenvalue weighted by atomic mass is 9.93. The molecule has 4 aromatic rings. The van der Waals surface area contributed by atoms with Crippen molar-refractivity contribution in [2.45, 2.75) is 25.9 Å². The minimum Gasteiger partial charge on any atom is -0.489 e. The topological polar surface area (TPSA) is 66.8 Å². The van der Waals surface area contributed by atoms with E-state index in [-0.39, 0.29) is 12.3 Å². The molecule has 1 heterocycles. The first-order chi connectivity index (χ1) is 16.6. The van der Waals surface area contributed by atoms with Crippen LogP contribution in [0, 0.1) is 0 Å². The van der Waals surface area contributed by atoms with Crippen molar-refractivity contribution in [2.75, 3.05) is 11.4 Å². The van der Waals surface area contributed by atoms with E-state index in [4.69, 9.17) is 4.74 Å². The Balaban J connectivity index is 1.48. The highest BCUT2D eigenvalue weighted by Gasteiger charge is 2.27. The summed E-state index contributed by atoms with van der Waals surface area (Å²) in [4.78, 5) is 26.7. The largest absolute Gasteiger partial charge is 0.489 e. The second-order valence-corrected chi connectivity index (χ2v) is 8.52. The summed E-state index contributed by atoms with van der Waals surface area (Å²) in [5, 5.41) is 11.4. The minimum atomic E-state index is -0.857. The number of ether oxygens (including phenoxy) is 1. The van der Waals surface area contributed by atoms with Crippen LogP contribution in [-0.4, -0.2) is 23.5 Å². The molecular weight excluding hydrogens is 426 g/mol. The number of carboxylic acid groups (broad SMARTS) is 1. The molecule has 0 aromatic heterocycles. The van der Waals surface area contributed by atoms with Crippen LogP contribution in [0.3, 0.4) is 0 Å². The fourth-order valence-electron chi connectivity index (χ4n) is 4.49. The fraction of sp³-hybridized carbons (Fsp3) is 0.172. The predicted molar refractivity (Wildman–Crippen MR) is 133 cm³/mol. The zero-order valence-corrected chi connectivity index (χ0v) is 18.7. The van der Waals surface area contributed by atoms with Crippen molar-refractivity contribution in [3.63, 3.8) is 0 Å². The number of hydrogen-bond acceptors (Lipinski definition) is 3. The Morgan fingerprint density at radius 2 is 1.65 bits per heavy atom. The lowest BCUT2D eigenvalue weighted by molar-refractivity contribution is -0.136. The zero-order valence-electron chi connectivity index (χ0n) is 18.7. The summed E-state index contributed by atoms with van der Waals surface area (Å²) < 4.78 is 5.91. The van der Waals surface area contributed by atoms with Crippen molar-refractivity contribution in [1.29, 1.82) is 0 Å². The van der Waals surface area contributed by atoms with E-state index in [0.29, 0.717) is 25.1 Å². The van der Waals surface area contributed by atoms with Gasteiger partial charge in [0.05, 0.1) is 0 Å². The Kier molecular flexibility index (Phi) is 6.00. The Morgan fingerprint density at radius 3 is 2.41 bits per heavy atom. The van der Waals surface area contributed by atoms with E-state index in [1.54, 1.807) is 4.90 Å². The summed E-state index contributed by atoms with van der Waals surface area (Å²) in [7, 11) is 0. The summed E-state index contributed by atoms with van der Waals surface area (Å²) in [5.41, 5.74) is 4.30. The number of fused-ring (bicyclic) bond motifs is 2. The number of aryl methyl sites for hydroxylation is 1. The highest BCUT2D eigenvalue weighted by Crippen LogP contribution is 2.32. The predicted octanol–water partition coefficient (Wildman–Crippen LogP) is 5.64. The van der Waals surface area contributed by atoms with Crippen LogP contribution in [0.1, 0.15) is 33.5 Å². The lowest BCUT2D eigenvalue weighted by Gasteiger charge is -2.31. The number of amides is 1. The molecule has 34 heavy (non-hydrogen) atoms. The molecule has 1 N–H and O–H groups in total. The minimum absolute atomic E-state index is 0.0100. The summed E-state index contributed by atoms with van der Waals surface area (Å²) in [6, 6.07) is 27.5. The molecule has 0 radical (unpaired) electrons. The molecule has 0 unspecified atom stereocenters. The average Bonchev–Trinajstić information content (AvgIpc) is 2.86. The van der Waals surface area contributed by atoms with Crippen LogP contribution in [0.25, 0.3) is 10.8 Å². The van der Waals surface area contributed by atoms with E-state index >= 15 is 0 Å². The molecule has 0 saturated heterocycles. The number of hydrogen-bond donors (Lipinski definition) is 1. The van der Waals surface area contributed by atoms with E-state index in [9.17, 15) is 14.7 Å². The van der Waals surface area contributed by atoms with Crippen molar-refractivity contribution in [3.05, 3.63) is 107 Å². The number of carbonyl (C=O) groups excluding carboxylic acids is 1. The van der Waals surface area contributed by atoms with Crippen LogP contribution in [0.2, 0.25) is 0 Å². The Labute approximate surface area is 198 Å². The number of nitrogens with zero attached hydrogens (tertiary/aromatic N) is 1. The van der Waals surface area contributed by atoms with Gasteiger partial charge in [-0.25, -0.2) is 0 Å². The van der Waals surface area contributed by atoms with Crippen LogP contribution in [0.4, 0.5) is 5.69 Å². The van der Waals surface area contributed by atoms with Gasteiger partial charge in [-0.3, -0.25) is 9.59 Å². The smallest absolute Gasteiger partial charge is 0.303 e. The molecule has 5 nitrogen and oxygen atoms in total. The summed E-state index contributed by atoms with van der Waals surface area (Å²) in [5.74, 6) is -0.136. The van der Waals surface area contributed by atoms with Crippen LogP contribution >= 0.6 is 0 Å². The number of carboxylic acids is 1. The van der Waals surface area contributed by atoms with Gasteiger partial charge in [-0.1, -0.05) is 60.7 Å². The monoisotopic (exact) mass is 451 g/mol. The van der Waals surface area contributed by atoms with E-state index < -0.39 is 5.97 Å². The van der Waals surface area contributed by atoms with Crippen molar-refractivity contribution in [3.8, 4) is 5.75 Å². The Bertz CT molecular complexity index is 1360. The van der Waals surface area contributed by atoms with Gasteiger partial charge >= 0.3 is 5.97 Å². The van der Waals surface area contributed by atoms with E-state index in [1.807, 2.05) is 72.8 Å². The molecule has 1 aliphatic heterocycles. The summed E-state index contributed by atoms with van der Waals surface area (Å²) >= 11 is 0. The van der Waals surface area contributed by atoms with Crippen LogP contribution in [-0.2, 0) is 24.2 Å². The van der Waals surface area contributed by atoms with Crippen molar-refractivity contribution >= 4 is 28.3 Å². The molecule has 0 saturated carbocycles. The van der Waals surface area contributed by atoms with Gasteiger partial charge < -0.3 is 14.7 Å². The Hall–Kier alpha value is -4.12. The third-order valence-electron chi connectivity index (χ3n) is 6.25. The maximum absolute atomic E-state index is 13.6. The lowest BCUT2D eigenvalue weighted by Crippen LogP contribution is -2.38. The standard InChI is InChI=1S/C29H25NO4/c31-28(32)13-12-21-11-10-20(19-34-25-8-2-1-3-9-25)16-27(21)30-15-14-24-17-22-6-4-5-7-23(22)18-26(24)29(30)33/h1-11,16-18H,12-15,19H2,(H,31,32). The third-order valence-corrected chi connectivity index (χ3v) is 6.25. The average molecular weight is 452 g/mol. The molecule has 0 bridgehead atoms. The van der Waals surface area contributed by atoms with Gasteiger partial charge in [0, 0.05) is 24.2 Å². The highest BCUT2D eigenvalue weighted by molar-refractivity contribution is 6.10. The highest BCUT2D eigenvalue weighted by atomic mass is 16.5. The SMILES string of the molecule is O=C(O)CCc1ccc(COc2ccccc2)cc1N1CCc2cc3ccccc3cc2C1=O. The van der Waals surface area contributed by atoms with Crippen LogP contribution in [0.15, 0.2) is 84.9 Å². The van der Waals surface area contributed by atoms with Crippen molar-refractivity contribution < 1.29 is 19.4 Å². The Morgan fingerprint density at radius 1 is 0.912 bits per heavy atom. The molecule has 0 aliphatic carbocycles. The van der Waals surface area contributed by atoms with Crippen LogP contribution < -0.4 is 9.64 Å². The molecule has 0 fully saturated rings. The van der Waals surface area contributed by atoms with Gasteiger partial charge in [0.2, 0.25) is 0 Å². The zero-order chi connectivity index (χ0) is 23.5. The van der Waals surface area contributed by atoms with Gasteiger partial charge in [-0.15, -0.1) is 0 Å². The molecule has 4 aromatic carbocycles. The summed E-state index contributed by atoms with van der Waals surface area (Å²) in [6.07, 6.45) is 1.12. The van der Waals surface area contributed by atoms with Gasteiger partial charge in [-0.05, 0) is 64.6 Å². The molecule has 0 atom stereocenters. The first-order valence-corrected chi connectivity index (χ1v) is 11.4. The van der Waals surface area contributed by atoms with Gasteiger partial charge in [-0.2, -0.15) is 0 Å². The van der Waals surface area contributed by atoms with Crippen LogP contribution in [0.5, 0.6) is 5.75 Å². The number of carbonyl (C=O) groups is 2. The molecule has 0 spiro atoms. The number of benzene rings is 4. The fourth-order valence-corrected chi connectivity index (χ4v) is 4.49. The first kappa shape index (κ1) is 21.7. The van der Waals surface area contributed by atoms with Gasteiger partial charge in [0.25, 0.3) is 5.91 Å². The quantitative estimate of drug-likeness (QED) is 0.395. The molecule has 1 amide bonds. The third kappa shape index (κ3) is 4.50. The normalized spacial score (nSPS) is 13.1. The van der Waals surface area contributed by atoms with E-state index in [1.165, 1.54) is 0 Å². The summed E-state index contributed by atoms with van der Waals surface area (Å²) in [6.45, 7) is 0.909. The number of aliphatic carboxylic acids is 1. The van der Waals surface area contributed by atoms with Crippen molar-refractivity contribution in [2.24, 2.45) is 0 Å². The number of para-hydroxylation sites is 1. The molecular formula is C29H25NO4. The molecule has 5 heteroatoms.